The molecule has 1 aliphatic heterocycles. The average Bonchev–Trinajstić information content (AvgIpc) is 3.90. The molecule has 0 bridgehead atoms. The Kier molecular flexibility index (Phi) is 18.1. The first kappa shape index (κ1) is 47.2. The molecular weight excluding hydrogens is 727 g/mol. The van der Waals surface area contributed by atoms with E-state index in [1.54, 1.807) is 32.4 Å². The van der Waals surface area contributed by atoms with E-state index in [0.29, 0.717) is 19.4 Å². The van der Waals surface area contributed by atoms with Crippen molar-refractivity contribution in [3.8, 4) is 0 Å². The number of hydrogen-bond donors (Lipinski definition) is 1. The van der Waals surface area contributed by atoms with Crippen molar-refractivity contribution in [1.29, 1.82) is 0 Å². The smallest absolute Gasteiger partial charge is 0.226 e. The van der Waals surface area contributed by atoms with Crippen molar-refractivity contribution in [2.24, 2.45) is 23.7 Å². The van der Waals surface area contributed by atoms with Crippen LogP contribution in [0.5, 0.6) is 0 Å². The molecule has 314 valence electrons. The van der Waals surface area contributed by atoms with E-state index < -0.39 is 35.6 Å². The van der Waals surface area contributed by atoms with Gasteiger partial charge in [0.05, 0.1) is 48.2 Å². The number of carbonyl (C=O) groups is 4. The minimum Gasteiger partial charge on any atom is -0.379 e. The summed E-state index contributed by atoms with van der Waals surface area (Å²) in [6, 6.07) is 7.46. The number of nitrogens with zero attached hydrogens (tertiary/aromatic N) is 4. The molecule has 1 N–H and O–H groups in total. The van der Waals surface area contributed by atoms with Gasteiger partial charge in [-0.05, 0) is 76.6 Å². The lowest BCUT2D eigenvalue weighted by molar-refractivity contribution is -0.149. The molecule has 1 aliphatic rings. The Morgan fingerprint density at radius 2 is 1.62 bits per heavy atom. The van der Waals surface area contributed by atoms with Crippen LogP contribution in [0.1, 0.15) is 110 Å². The lowest BCUT2D eigenvalue weighted by atomic mass is 9.82. The third kappa shape index (κ3) is 11.7. The van der Waals surface area contributed by atoms with Crippen molar-refractivity contribution in [2.75, 3.05) is 41.9 Å². The molecule has 0 unspecified atom stereocenters. The Morgan fingerprint density at radius 1 is 0.982 bits per heavy atom. The highest BCUT2D eigenvalue weighted by Crippen LogP contribution is 2.32. The second-order valence-corrected chi connectivity index (χ2v) is 17.8. The minimum absolute atomic E-state index is 0.0117. The third-order valence-electron chi connectivity index (χ3n) is 12.5. The molecule has 0 aliphatic carbocycles. The van der Waals surface area contributed by atoms with Gasteiger partial charge in [-0.1, -0.05) is 72.2 Å². The molecule has 0 radical (unpaired) electrons. The summed E-state index contributed by atoms with van der Waals surface area (Å²) in [5, 5.41) is 6.02. The van der Waals surface area contributed by atoms with E-state index in [0.717, 1.165) is 29.8 Å². The van der Waals surface area contributed by atoms with Gasteiger partial charge in [0.2, 0.25) is 17.7 Å². The third-order valence-corrected chi connectivity index (χ3v) is 13.4. The van der Waals surface area contributed by atoms with Gasteiger partial charge >= 0.3 is 0 Å². The number of ketones is 1. The summed E-state index contributed by atoms with van der Waals surface area (Å²) in [5.41, 5.74) is 1.66. The van der Waals surface area contributed by atoms with Crippen LogP contribution >= 0.6 is 11.3 Å². The SMILES string of the molecule is CCc1ccc(C[C@H](NC(=O)[C@H](C)[C@@H](OC)[C@@H]2CCCN2C(=O)C[C@@H](OC)[C@H]([C@@H](C)CC)N(C)C(=O)[C@@H](CC(=O)C(C)(C)N(C)C)C(C)C)c2nccs2)cc1. The number of likely N-dealkylation sites (tertiary alicyclic amines) is 1. The Labute approximate surface area is 341 Å². The molecule has 2 heterocycles. The van der Waals surface area contributed by atoms with Gasteiger partial charge in [0.25, 0.3) is 0 Å². The van der Waals surface area contributed by atoms with Gasteiger partial charge in [0.1, 0.15) is 5.01 Å². The molecule has 1 saturated heterocycles. The molecule has 3 rings (SSSR count). The molecule has 3 amide bonds. The quantitative estimate of drug-likeness (QED) is 0.142. The maximum absolute atomic E-state index is 14.3. The number of aryl methyl sites for hydroxylation is 1. The Morgan fingerprint density at radius 3 is 2.14 bits per heavy atom. The van der Waals surface area contributed by atoms with Crippen LogP contribution in [0.2, 0.25) is 0 Å². The summed E-state index contributed by atoms with van der Waals surface area (Å²) in [5.74, 6) is -1.46. The van der Waals surface area contributed by atoms with E-state index in [2.05, 4.69) is 55.3 Å². The highest BCUT2D eigenvalue weighted by Gasteiger charge is 2.43. The number of rotatable bonds is 22. The van der Waals surface area contributed by atoms with Crippen molar-refractivity contribution in [1.82, 2.24) is 25.0 Å². The zero-order valence-corrected chi connectivity index (χ0v) is 37.3. The molecule has 8 atom stereocenters. The summed E-state index contributed by atoms with van der Waals surface area (Å²) in [4.78, 5) is 66.1. The lowest BCUT2D eigenvalue weighted by Gasteiger charge is -2.41. The molecule has 1 fully saturated rings. The minimum atomic E-state index is -0.710. The van der Waals surface area contributed by atoms with E-state index in [-0.39, 0.29) is 60.3 Å². The fourth-order valence-electron chi connectivity index (χ4n) is 7.93. The van der Waals surface area contributed by atoms with E-state index in [4.69, 9.17) is 9.47 Å². The lowest BCUT2D eigenvalue weighted by Crippen LogP contribution is -2.55. The molecule has 1 aromatic carbocycles. The van der Waals surface area contributed by atoms with Crippen molar-refractivity contribution in [2.45, 2.75) is 136 Å². The van der Waals surface area contributed by atoms with Gasteiger partial charge in [0, 0.05) is 51.7 Å². The summed E-state index contributed by atoms with van der Waals surface area (Å²) in [6.07, 6.45) is 4.68. The van der Waals surface area contributed by atoms with E-state index >= 15 is 0 Å². The number of ether oxygens (including phenoxy) is 2. The highest BCUT2D eigenvalue weighted by atomic mass is 32.1. The van der Waals surface area contributed by atoms with Crippen LogP contribution in [-0.4, -0.2) is 115 Å². The van der Waals surface area contributed by atoms with Crippen LogP contribution in [0.3, 0.4) is 0 Å². The second-order valence-electron chi connectivity index (χ2n) is 16.8. The highest BCUT2D eigenvalue weighted by molar-refractivity contribution is 7.09. The van der Waals surface area contributed by atoms with Crippen molar-refractivity contribution >= 4 is 34.8 Å². The monoisotopic (exact) mass is 798 g/mol. The normalized spacial score (nSPS) is 18.6. The first-order valence-corrected chi connectivity index (χ1v) is 21.4. The molecular formula is C44H71N5O6S. The van der Waals surface area contributed by atoms with Gasteiger partial charge in [0.15, 0.2) is 5.78 Å². The van der Waals surface area contributed by atoms with E-state index in [9.17, 15) is 19.2 Å². The number of amides is 3. The zero-order chi connectivity index (χ0) is 41.9. The number of thiazole rings is 1. The predicted molar refractivity (Wildman–Crippen MR) is 224 cm³/mol. The second kappa shape index (κ2) is 21.5. The van der Waals surface area contributed by atoms with Crippen LogP contribution in [0.15, 0.2) is 35.8 Å². The number of benzene rings is 1. The van der Waals surface area contributed by atoms with E-state index in [1.807, 2.05) is 63.9 Å². The molecule has 2 aromatic rings. The maximum atomic E-state index is 14.3. The Hall–Kier alpha value is -3.19. The van der Waals surface area contributed by atoms with Gasteiger partial charge < -0.3 is 24.6 Å². The largest absolute Gasteiger partial charge is 0.379 e. The Bertz CT molecular complexity index is 1550. The van der Waals surface area contributed by atoms with Crippen molar-refractivity contribution in [3.05, 3.63) is 52.0 Å². The predicted octanol–water partition coefficient (Wildman–Crippen LogP) is 6.60. The van der Waals surface area contributed by atoms with Crippen molar-refractivity contribution < 1.29 is 28.7 Å². The van der Waals surface area contributed by atoms with Gasteiger partial charge in [-0.25, -0.2) is 4.98 Å². The summed E-state index contributed by atoms with van der Waals surface area (Å²) < 4.78 is 12.1. The molecule has 1 aromatic heterocycles. The molecule has 0 spiro atoms. The first-order valence-electron chi connectivity index (χ1n) is 20.5. The van der Waals surface area contributed by atoms with Gasteiger partial charge in [-0.15, -0.1) is 11.3 Å². The first-order chi connectivity index (χ1) is 26.4. The molecule has 11 nitrogen and oxygen atoms in total. The number of carbonyl (C=O) groups excluding carboxylic acids is 4. The summed E-state index contributed by atoms with van der Waals surface area (Å²) in [6.45, 7) is 16.4. The topological polar surface area (TPSA) is 121 Å². The number of methoxy groups -OCH3 is 2. The number of Topliss-reactive ketones (excluding diaryl/α,β-unsaturated/α-hetero) is 1. The van der Waals surface area contributed by atoms with Crippen LogP contribution < -0.4 is 5.32 Å². The number of hydrogen-bond acceptors (Lipinski definition) is 9. The van der Waals surface area contributed by atoms with Crippen LogP contribution in [0.25, 0.3) is 0 Å². The zero-order valence-electron chi connectivity index (χ0n) is 36.5. The summed E-state index contributed by atoms with van der Waals surface area (Å²) >= 11 is 1.52. The number of aromatic nitrogens is 1. The molecule has 12 heteroatoms. The van der Waals surface area contributed by atoms with Gasteiger partial charge in [-0.3, -0.25) is 24.1 Å². The van der Waals surface area contributed by atoms with Crippen LogP contribution in [-0.2, 0) is 41.5 Å². The fraction of sp³-hybridized carbons (Fsp3) is 0.705. The fourth-order valence-corrected chi connectivity index (χ4v) is 8.62. The van der Waals surface area contributed by atoms with Crippen LogP contribution in [0, 0.1) is 23.7 Å². The standard InChI is InChI=1S/C44H71N5O6S/c1-14-29(5)39(48(11)43(53)33(28(3)4)26-37(50)44(7,8)47(9)10)36(54-12)27-38(51)49-23-16-17-35(49)40(55-13)30(6)41(52)46-34(42-45-22-24-56-42)25-32-20-18-31(15-2)19-21-32/h18-22,24,28-30,33-36,39-40H,14-17,23,25-27H2,1-13H3,(H,46,52)/t29-,30+,33-,34-,35-,36+,39-,40+/m0/s1. The summed E-state index contributed by atoms with van der Waals surface area (Å²) in [7, 11) is 8.73. The number of likely N-dealkylation sites (N-methyl/N-ethyl adjacent to an activating group) is 2. The van der Waals surface area contributed by atoms with Crippen LogP contribution in [0.4, 0.5) is 0 Å². The van der Waals surface area contributed by atoms with Gasteiger partial charge in [-0.2, -0.15) is 0 Å². The molecule has 0 saturated carbocycles. The molecule has 56 heavy (non-hydrogen) atoms. The average molecular weight is 798 g/mol. The van der Waals surface area contributed by atoms with E-state index in [1.165, 1.54) is 16.9 Å². The van der Waals surface area contributed by atoms with Crippen molar-refractivity contribution in [3.63, 3.8) is 0 Å². The maximum Gasteiger partial charge on any atom is 0.226 e. The number of nitrogens with one attached hydrogen (secondary N) is 1. The Balaban J connectivity index is 1.79.